The first-order valence-corrected chi connectivity index (χ1v) is 6.80. The second-order valence-corrected chi connectivity index (χ2v) is 5.83. The normalized spacial score (nSPS) is 14.0. The fourth-order valence-corrected chi connectivity index (χ4v) is 2.26. The molecule has 106 valence electrons. The molecule has 0 spiro atoms. The molecular weight excluding hydrogens is 320 g/mol. The SMILES string of the molecule is CC(Br)CC(C)NC(=O)c1ccccc1OC(F)F. The molecule has 0 fully saturated rings. The van der Waals surface area contributed by atoms with E-state index in [0.29, 0.717) is 0 Å². The molecular formula is C13H16BrF2NO2. The molecule has 1 amide bonds. The van der Waals surface area contributed by atoms with Gasteiger partial charge in [0, 0.05) is 10.9 Å². The van der Waals surface area contributed by atoms with Crippen LogP contribution in [0.5, 0.6) is 5.75 Å². The predicted molar refractivity (Wildman–Crippen MR) is 73.0 cm³/mol. The lowest BCUT2D eigenvalue weighted by Crippen LogP contribution is -2.34. The fourth-order valence-electron chi connectivity index (χ4n) is 1.70. The summed E-state index contributed by atoms with van der Waals surface area (Å²) in [5.41, 5.74) is 0.108. The predicted octanol–water partition coefficient (Wildman–Crippen LogP) is 3.58. The van der Waals surface area contributed by atoms with Gasteiger partial charge in [-0.2, -0.15) is 8.78 Å². The molecule has 0 aliphatic rings. The number of carbonyl (C=O) groups is 1. The van der Waals surface area contributed by atoms with E-state index >= 15 is 0 Å². The third-order valence-electron chi connectivity index (χ3n) is 2.40. The maximum absolute atomic E-state index is 12.2. The number of ether oxygens (including phenoxy) is 1. The Bertz CT molecular complexity index is 427. The Balaban J connectivity index is 2.76. The quantitative estimate of drug-likeness (QED) is 0.807. The van der Waals surface area contributed by atoms with E-state index in [1.165, 1.54) is 12.1 Å². The molecule has 0 radical (unpaired) electrons. The van der Waals surface area contributed by atoms with E-state index in [2.05, 4.69) is 26.0 Å². The molecule has 0 aliphatic heterocycles. The molecule has 1 rings (SSSR count). The average Bonchev–Trinajstić information content (AvgIpc) is 2.27. The van der Waals surface area contributed by atoms with E-state index in [1.54, 1.807) is 12.1 Å². The maximum Gasteiger partial charge on any atom is 0.387 e. The molecule has 0 saturated carbocycles. The Morgan fingerprint density at radius 3 is 2.58 bits per heavy atom. The molecule has 1 aromatic carbocycles. The van der Waals surface area contributed by atoms with Gasteiger partial charge >= 0.3 is 6.61 Å². The van der Waals surface area contributed by atoms with Gasteiger partial charge in [-0.3, -0.25) is 4.79 Å². The highest BCUT2D eigenvalue weighted by atomic mass is 79.9. The van der Waals surface area contributed by atoms with Crippen LogP contribution in [-0.2, 0) is 0 Å². The number of halogens is 3. The van der Waals surface area contributed by atoms with Gasteiger partial charge < -0.3 is 10.1 Å². The molecule has 6 heteroatoms. The van der Waals surface area contributed by atoms with Gasteiger partial charge in [0.05, 0.1) is 5.56 Å². The second kappa shape index (κ2) is 7.43. The van der Waals surface area contributed by atoms with Crippen LogP contribution in [0.15, 0.2) is 24.3 Å². The molecule has 0 aliphatic carbocycles. The van der Waals surface area contributed by atoms with Crippen molar-refractivity contribution in [2.24, 2.45) is 0 Å². The van der Waals surface area contributed by atoms with Crippen LogP contribution in [0.25, 0.3) is 0 Å². The lowest BCUT2D eigenvalue weighted by atomic mass is 10.1. The van der Waals surface area contributed by atoms with Crippen LogP contribution in [0.2, 0.25) is 0 Å². The molecule has 1 aromatic rings. The summed E-state index contributed by atoms with van der Waals surface area (Å²) in [7, 11) is 0. The minimum atomic E-state index is -2.95. The molecule has 0 bridgehead atoms. The van der Waals surface area contributed by atoms with Gasteiger partial charge in [0.25, 0.3) is 5.91 Å². The van der Waals surface area contributed by atoms with E-state index in [0.717, 1.165) is 6.42 Å². The van der Waals surface area contributed by atoms with Crippen molar-refractivity contribution in [3.63, 3.8) is 0 Å². The number of benzene rings is 1. The van der Waals surface area contributed by atoms with E-state index in [1.807, 2.05) is 13.8 Å². The lowest BCUT2D eigenvalue weighted by Gasteiger charge is -2.16. The Morgan fingerprint density at radius 2 is 2.00 bits per heavy atom. The molecule has 19 heavy (non-hydrogen) atoms. The highest BCUT2D eigenvalue weighted by Crippen LogP contribution is 2.20. The number of nitrogens with one attached hydrogen (secondary N) is 1. The zero-order valence-corrected chi connectivity index (χ0v) is 12.3. The summed E-state index contributed by atoms with van der Waals surface area (Å²) >= 11 is 3.39. The summed E-state index contributed by atoms with van der Waals surface area (Å²) in [6.45, 7) is 0.872. The Labute approximate surface area is 119 Å². The Kier molecular flexibility index (Phi) is 6.21. The maximum atomic E-state index is 12.2. The summed E-state index contributed by atoms with van der Waals surface area (Å²) < 4.78 is 28.8. The highest BCUT2D eigenvalue weighted by molar-refractivity contribution is 9.09. The number of hydrogen-bond acceptors (Lipinski definition) is 2. The van der Waals surface area contributed by atoms with Crippen molar-refractivity contribution in [3.8, 4) is 5.75 Å². The fraction of sp³-hybridized carbons (Fsp3) is 0.462. The average molecular weight is 336 g/mol. The van der Waals surface area contributed by atoms with E-state index < -0.39 is 12.5 Å². The standard InChI is InChI=1S/C13H16BrF2NO2/c1-8(14)7-9(2)17-12(18)10-5-3-4-6-11(10)19-13(15)16/h3-6,8-9,13H,7H2,1-2H3,(H,17,18). The Hall–Kier alpha value is -1.17. The number of carbonyl (C=O) groups excluding carboxylic acids is 1. The molecule has 3 nitrogen and oxygen atoms in total. The van der Waals surface area contributed by atoms with Crippen molar-refractivity contribution in [1.82, 2.24) is 5.32 Å². The molecule has 1 N–H and O–H groups in total. The van der Waals surface area contributed by atoms with Crippen molar-refractivity contribution in [1.29, 1.82) is 0 Å². The number of alkyl halides is 3. The third-order valence-corrected chi connectivity index (χ3v) is 2.78. The number of rotatable bonds is 6. The van der Waals surface area contributed by atoms with Gasteiger partial charge in [0.2, 0.25) is 0 Å². The van der Waals surface area contributed by atoms with Crippen LogP contribution >= 0.6 is 15.9 Å². The van der Waals surface area contributed by atoms with Gasteiger partial charge in [-0.15, -0.1) is 0 Å². The van der Waals surface area contributed by atoms with Crippen LogP contribution in [-0.4, -0.2) is 23.4 Å². The van der Waals surface area contributed by atoms with Gasteiger partial charge in [0.1, 0.15) is 5.75 Å². The summed E-state index contributed by atoms with van der Waals surface area (Å²) in [5.74, 6) is -0.536. The lowest BCUT2D eigenvalue weighted by molar-refractivity contribution is -0.0501. The zero-order valence-electron chi connectivity index (χ0n) is 10.7. The summed E-state index contributed by atoms with van der Waals surface area (Å²) in [4.78, 5) is 12.2. The molecule has 0 saturated heterocycles. The molecule has 0 aromatic heterocycles. The number of hydrogen-bond donors (Lipinski definition) is 1. The second-order valence-electron chi connectivity index (χ2n) is 4.27. The summed E-state index contributed by atoms with van der Waals surface area (Å²) in [5, 5.41) is 2.75. The summed E-state index contributed by atoms with van der Waals surface area (Å²) in [6, 6.07) is 5.88. The van der Waals surface area contributed by atoms with Gasteiger partial charge in [-0.05, 0) is 25.5 Å². The highest BCUT2D eigenvalue weighted by Gasteiger charge is 2.17. The number of amides is 1. The first-order chi connectivity index (χ1) is 8.90. The monoisotopic (exact) mass is 335 g/mol. The minimum absolute atomic E-state index is 0.0681. The van der Waals surface area contributed by atoms with Gasteiger partial charge in [-0.25, -0.2) is 0 Å². The van der Waals surface area contributed by atoms with Crippen LogP contribution in [0.3, 0.4) is 0 Å². The Morgan fingerprint density at radius 1 is 1.37 bits per heavy atom. The van der Waals surface area contributed by atoms with Crippen molar-refractivity contribution in [2.45, 2.75) is 37.7 Å². The van der Waals surface area contributed by atoms with Gasteiger partial charge in [0.15, 0.2) is 0 Å². The largest absolute Gasteiger partial charge is 0.434 e. The van der Waals surface area contributed by atoms with Gasteiger partial charge in [-0.1, -0.05) is 35.0 Å². The smallest absolute Gasteiger partial charge is 0.387 e. The first-order valence-electron chi connectivity index (χ1n) is 5.89. The van der Waals surface area contributed by atoms with Crippen LogP contribution < -0.4 is 10.1 Å². The zero-order chi connectivity index (χ0) is 14.4. The third kappa shape index (κ3) is 5.55. The van der Waals surface area contributed by atoms with E-state index in [-0.39, 0.29) is 22.2 Å². The van der Waals surface area contributed by atoms with Crippen molar-refractivity contribution in [3.05, 3.63) is 29.8 Å². The molecule has 0 heterocycles. The molecule has 2 atom stereocenters. The van der Waals surface area contributed by atoms with Crippen LogP contribution in [0.4, 0.5) is 8.78 Å². The van der Waals surface area contributed by atoms with Crippen LogP contribution in [0, 0.1) is 0 Å². The summed E-state index contributed by atoms with van der Waals surface area (Å²) in [6.07, 6.45) is 0.740. The van der Waals surface area contributed by atoms with Crippen molar-refractivity contribution < 1.29 is 18.3 Å². The topological polar surface area (TPSA) is 38.3 Å². The van der Waals surface area contributed by atoms with Crippen molar-refractivity contribution in [2.75, 3.05) is 0 Å². The van der Waals surface area contributed by atoms with E-state index in [9.17, 15) is 13.6 Å². The molecule has 2 unspecified atom stereocenters. The first kappa shape index (κ1) is 15.9. The number of para-hydroxylation sites is 1. The van der Waals surface area contributed by atoms with Crippen LogP contribution in [0.1, 0.15) is 30.6 Å². The van der Waals surface area contributed by atoms with Crippen molar-refractivity contribution >= 4 is 21.8 Å². The van der Waals surface area contributed by atoms with E-state index in [4.69, 9.17) is 0 Å². The minimum Gasteiger partial charge on any atom is -0.434 e.